The zero-order valence-electron chi connectivity index (χ0n) is 10.9. The van der Waals surface area contributed by atoms with Crippen LogP contribution < -0.4 is 9.47 Å². The number of aromatic nitrogens is 1. The van der Waals surface area contributed by atoms with Gasteiger partial charge in [0.25, 0.3) is 0 Å². The summed E-state index contributed by atoms with van der Waals surface area (Å²) in [5.41, 5.74) is 1.86. The second-order valence-corrected chi connectivity index (χ2v) is 4.17. The largest absolute Gasteiger partial charge is 0.493 e. The van der Waals surface area contributed by atoms with Crippen molar-refractivity contribution in [3.05, 3.63) is 53.9 Å². The van der Waals surface area contributed by atoms with Gasteiger partial charge < -0.3 is 9.47 Å². The van der Waals surface area contributed by atoms with E-state index in [0.29, 0.717) is 11.5 Å². The highest BCUT2D eigenvalue weighted by Crippen LogP contribution is 2.28. The molecule has 0 atom stereocenters. The summed E-state index contributed by atoms with van der Waals surface area (Å²) in [7, 11) is 1.55. The van der Waals surface area contributed by atoms with E-state index in [9.17, 15) is 4.79 Å². The Kier molecular flexibility index (Phi) is 4.13. The third-order valence-corrected chi connectivity index (χ3v) is 2.61. The van der Waals surface area contributed by atoms with Gasteiger partial charge in [0.15, 0.2) is 11.5 Å². The molecule has 0 N–H and O–H groups in total. The molecule has 4 heteroatoms. The number of benzene rings is 1. The Labute approximate surface area is 112 Å². The molecule has 0 aliphatic rings. The van der Waals surface area contributed by atoms with Crippen molar-refractivity contribution in [3.8, 4) is 11.5 Å². The second-order valence-electron chi connectivity index (χ2n) is 4.17. The van der Waals surface area contributed by atoms with Gasteiger partial charge in [-0.1, -0.05) is 12.1 Å². The number of carbonyl (C=O) groups excluding carboxylic acids is 1. The molecule has 1 aromatic carbocycles. The van der Waals surface area contributed by atoms with Crippen LogP contribution in [0.5, 0.6) is 11.5 Å². The molecule has 0 saturated heterocycles. The standard InChI is InChI=1S/C15H15NO3/c1-11-5-6-13(14(8-11)18-2)19-15(17)9-12-4-3-7-16-10-12/h3-8,10H,9H2,1-2H3. The molecule has 98 valence electrons. The van der Waals surface area contributed by atoms with Crippen LogP contribution in [0.1, 0.15) is 11.1 Å². The van der Waals surface area contributed by atoms with Crippen LogP contribution >= 0.6 is 0 Å². The lowest BCUT2D eigenvalue weighted by molar-refractivity contribution is -0.133. The van der Waals surface area contributed by atoms with Crippen LogP contribution in [0, 0.1) is 6.92 Å². The maximum Gasteiger partial charge on any atom is 0.315 e. The van der Waals surface area contributed by atoms with E-state index in [1.165, 1.54) is 0 Å². The van der Waals surface area contributed by atoms with Crippen molar-refractivity contribution in [2.24, 2.45) is 0 Å². The number of esters is 1. The zero-order valence-corrected chi connectivity index (χ0v) is 10.9. The normalized spacial score (nSPS) is 10.0. The highest BCUT2D eigenvalue weighted by Gasteiger charge is 2.10. The summed E-state index contributed by atoms with van der Waals surface area (Å²) in [5, 5.41) is 0. The fraction of sp³-hybridized carbons (Fsp3) is 0.200. The van der Waals surface area contributed by atoms with Crippen molar-refractivity contribution in [1.82, 2.24) is 4.98 Å². The summed E-state index contributed by atoms with van der Waals surface area (Å²) in [6.07, 6.45) is 3.50. The number of rotatable bonds is 4. The molecule has 2 rings (SSSR count). The number of aryl methyl sites for hydroxylation is 1. The van der Waals surface area contributed by atoms with Crippen LogP contribution in [0.15, 0.2) is 42.7 Å². The fourth-order valence-electron chi connectivity index (χ4n) is 1.69. The van der Waals surface area contributed by atoms with Gasteiger partial charge in [-0.25, -0.2) is 0 Å². The Morgan fingerprint density at radius 1 is 1.26 bits per heavy atom. The number of nitrogens with zero attached hydrogens (tertiary/aromatic N) is 1. The first-order valence-electron chi connectivity index (χ1n) is 5.93. The summed E-state index contributed by atoms with van der Waals surface area (Å²) in [4.78, 5) is 15.8. The highest BCUT2D eigenvalue weighted by atomic mass is 16.6. The van der Waals surface area contributed by atoms with Gasteiger partial charge in [0.1, 0.15) is 0 Å². The van der Waals surface area contributed by atoms with Crippen LogP contribution in [-0.4, -0.2) is 18.1 Å². The van der Waals surface area contributed by atoms with E-state index in [1.807, 2.05) is 25.1 Å². The van der Waals surface area contributed by atoms with Gasteiger partial charge in [0, 0.05) is 12.4 Å². The van der Waals surface area contributed by atoms with Gasteiger partial charge in [-0.05, 0) is 36.2 Å². The third kappa shape index (κ3) is 3.55. The number of ether oxygens (including phenoxy) is 2. The van der Waals surface area contributed by atoms with Gasteiger partial charge in [-0.3, -0.25) is 9.78 Å². The monoisotopic (exact) mass is 257 g/mol. The maximum absolute atomic E-state index is 11.8. The Morgan fingerprint density at radius 2 is 2.11 bits per heavy atom. The highest BCUT2D eigenvalue weighted by molar-refractivity contribution is 5.75. The Hall–Kier alpha value is -2.36. The van der Waals surface area contributed by atoms with E-state index >= 15 is 0 Å². The van der Waals surface area contributed by atoms with Gasteiger partial charge in [0.05, 0.1) is 13.5 Å². The lowest BCUT2D eigenvalue weighted by Gasteiger charge is -2.09. The molecule has 0 aliphatic heterocycles. The molecular weight excluding hydrogens is 242 g/mol. The maximum atomic E-state index is 11.8. The fourth-order valence-corrected chi connectivity index (χ4v) is 1.69. The summed E-state index contributed by atoms with van der Waals surface area (Å²) < 4.78 is 10.5. The molecule has 0 saturated carbocycles. The van der Waals surface area contributed by atoms with Gasteiger partial charge in [-0.15, -0.1) is 0 Å². The van der Waals surface area contributed by atoms with E-state index in [4.69, 9.17) is 9.47 Å². The van der Waals surface area contributed by atoms with Crippen molar-refractivity contribution >= 4 is 5.97 Å². The van der Waals surface area contributed by atoms with Crippen LogP contribution in [0.2, 0.25) is 0 Å². The molecule has 0 spiro atoms. The average molecular weight is 257 g/mol. The second kappa shape index (κ2) is 6.00. The molecule has 4 nitrogen and oxygen atoms in total. The molecule has 1 heterocycles. The van der Waals surface area contributed by atoms with Crippen molar-refractivity contribution in [1.29, 1.82) is 0 Å². The molecule has 0 unspecified atom stereocenters. The van der Waals surface area contributed by atoms with Crippen LogP contribution in [0.25, 0.3) is 0 Å². The minimum atomic E-state index is -0.338. The number of carbonyl (C=O) groups is 1. The van der Waals surface area contributed by atoms with Gasteiger partial charge >= 0.3 is 5.97 Å². The Bertz CT molecular complexity index is 567. The lowest BCUT2D eigenvalue weighted by Crippen LogP contribution is -2.12. The summed E-state index contributed by atoms with van der Waals surface area (Å²) in [5.74, 6) is 0.650. The lowest BCUT2D eigenvalue weighted by atomic mass is 10.2. The van der Waals surface area contributed by atoms with E-state index in [0.717, 1.165) is 11.1 Å². The van der Waals surface area contributed by atoms with Crippen molar-refractivity contribution in [2.75, 3.05) is 7.11 Å². The molecule has 19 heavy (non-hydrogen) atoms. The van der Waals surface area contributed by atoms with Gasteiger partial charge in [-0.2, -0.15) is 0 Å². The average Bonchev–Trinajstić information content (AvgIpc) is 2.42. The summed E-state index contributed by atoms with van der Waals surface area (Å²) in [6, 6.07) is 9.05. The SMILES string of the molecule is COc1cc(C)ccc1OC(=O)Cc1cccnc1. The minimum Gasteiger partial charge on any atom is -0.493 e. The topological polar surface area (TPSA) is 48.4 Å². The molecular formula is C15H15NO3. The van der Waals surface area contributed by atoms with Crippen LogP contribution in [0.4, 0.5) is 0 Å². The first-order chi connectivity index (χ1) is 9.19. The number of methoxy groups -OCH3 is 1. The first-order valence-corrected chi connectivity index (χ1v) is 5.93. The van der Waals surface area contributed by atoms with E-state index < -0.39 is 0 Å². The van der Waals surface area contributed by atoms with Crippen LogP contribution in [0.3, 0.4) is 0 Å². The summed E-state index contributed by atoms with van der Waals surface area (Å²) in [6.45, 7) is 1.95. The zero-order chi connectivity index (χ0) is 13.7. The van der Waals surface area contributed by atoms with E-state index in [2.05, 4.69) is 4.98 Å². The molecule has 0 amide bonds. The third-order valence-electron chi connectivity index (χ3n) is 2.61. The predicted molar refractivity (Wildman–Crippen MR) is 71.3 cm³/mol. The molecule has 0 fully saturated rings. The van der Waals surface area contributed by atoms with Gasteiger partial charge in [0.2, 0.25) is 0 Å². The van der Waals surface area contributed by atoms with E-state index in [-0.39, 0.29) is 12.4 Å². The molecule has 2 aromatic rings. The predicted octanol–water partition coefficient (Wildman–Crippen LogP) is 2.55. The minimum absolute atomic E-state index is 0.185. The Balaban J connectivity index is 2.07. The Morgan fingerprint density at radius 3 is 2.79 bits per heavy atom. The van der Waals surface area contributed by atoms with Crippen LogP contribution in [-0.2, 0) is 11.2 Å². The summed E-state index contributed by atoms with van der Waals surface area (Å²) >= 11 is 0. The number of hydrogen-bond acceptors (Lipinski definition) is 4. The number of pyridine rings is 1. The van der Waals surface area contributed by atoms with Crippen molar-refractivity contribution < 1.29 is 14.3 Å². The molecule has 0 aliphatic carbocycles. The molecule has 0 radical (unpaired) electrons. The molecule has 1 aromatic heterocycles. The number of hydrogen-bond donors (Lipinski definition) is 0. The quantitative estimate of drug-likeness (QED) is 0.624. The van der Waals surface area contributed by atoms with Crippen molar-refractivity contribution in [3.63, 3.8) is 0 Å². The van der Waals surface area contributed by atoms with Crippen molar-refractivity contribution in [2.45, 2.75) is 13.3 Å². The first kappa shape index (κ1) is 13.1. The smallest absolute Gasteiger partial charge is 0.315 e. The molecule has 0 bridgehead atoms. The van der Waals surface area contributed by atoms with E-state index in [1.54, 1.807) is 31.6 Å².